The molecule has 0 spiro atoms. The summed E-state index contributed by atoms with van der Waals surface area (Å²) in [7, 11) is 0. The lowest BCUT2D eigenvalue weighted by Gasteiger charge is -2.20. The second-order valence-electron chi connectivity index (χ2n) is 7.15. The zero-order chi connectivity index (χ0) is 21.8. The minimum atomic E-state index is -0.804. The lowest BCUT2D eigenvalue weighted by Crippen LogP contribution is -2.35. The quantitative estimate of drug-likeness (QED) is 0.370. The van der Waals surface area contributed by atoms with Gasteiger partial charge in [0.15, 0.2) is 12.4 Å². The number of fused-ring (bicyclic) bond motifs is 1. The number of hydrogen-bond acceptors (Lipinski definition) is 9. The van der Waals surface area contributed by atoms with Crippen LogP contribution in [0, 0.1) is 0 Å². The maximum atomic E-state index is 12.7. The van der Waals surface area contributed by atoms with Crippen LogP contribution in [0.2, 0.25) is 0 Å². The molecule has 5 unspecified atom stereocenters. The molecule has 0 radical (unpaired) electrons. The van der Waals surface area contributed by atoms with Crippen molar-refractivity contribution in [2.45, 2.75) is 37.4 Å². The summed E-state index contributed by atoms with van der Waals surface area (Å²) in [5.41, 5.74) is 0.758. The second-order valence-corrected chi connectivity index (χ2v) is 7.15. The van der Waals surface area contributed by atoms with E-state index in [0.717, 1.165) is 0 Å². The van der Waals surface area contributed by atoms with Crippen LogP contribution in [0.1, 0.15) is 28.9 Å². The van der Waals surface area contributed by atoms with Crippen molar-refractivity contribution in [1.29, 1.82) is 0 Å². The van der Waals surface area contributed by atoms with Gasteiger partial charge in [-0.1, -0.05) is 18.2 Å². The van der Waals surface area contributed by atoms with Crippen LogP contribution in [-0.4, -0.2) is 60.8 Å². The molecule has 2 aliphatic heterocycles. The molecule has 0 bridgehead atoms. The average Bonchev–Trinajstić information content (AvgIpc) is 3.35. The second kappa shape index (κ2) is 9.34. The Balaban J connectivity index is 1.40. The fraction of sp³-hybridized carbons (Fsp3) is 0.364. The topological polar surface area (TPSA) is 110 Å². The number of aldehydes is 1. The Kier molecular flexibility index (Phi) is 6.36. The third-order valence-electron chi connectivity index (χ3n) is 5.04. The van der Waals surface area contributed by atoms with Crippen molar-refractivity contribution in [2.75, 3.05) is 13.2 Å². The molecule has 0 saturated carbocycles. The first-order chi connectivity index (χ1) is 15.1. The Bertz CT molecular complexity index is 950. The number of nitrogens with zero attached hydrogens (tertiary/aromatic N) is 1. The summed E-state index contributed by atoms with van der Waals surface area (Å²) in [6.07, 6.45) is 0.884. The highest BCUT2D eigenvalue weighted by Crippen LogP contribution is 2.33. The molecule has 0 amide bonds. The fourth-order valence-electron chi connectivity index (χ4n) is 3.65. The van der Waals surface area contributed by atoms with E-state index < -0.39 is 42.5 Å². The number of rotatable bonds is 7. The van der Waals surface area contributed by atoms with E-state index in [1.165, 1.54) is 19.1 Å². The van der Waals surface area contributed by atoms with E-state index in [9.17, 15) is 14.4 Å². The van der Waals surface area contributed by atoms with Gasteiger partial charge >= 0.3 is 11.9 Å². The zero-order valence-electron chi connectivity index (χ0n) is 16.7. The van der Waals surface area contributed by atoms with E-state index in [-0.39, 0.29) is 24.5 Å². The lowest BCUT2D eigenvalue weighted by molar-refractivity contribution is -0.132. The number of aromatic nitrogens is 1. The van der Waals surface area contributed by atoms with E-state index >= 15 is 0 Å². The highest BCUT2D eigenvalue weighted by molar-refractivity contribution is 5.93. The lowest BCUT2D eigenvalue weighted by atomic mass is 10.1. The molecule has 4 rings (SSSR count). The molecule has 3 heterocycles. The van der Waals surface area contributed by atoms with Gasteiger partial charge in [0.25, 0.3) is 0 Å². The molecule has 2 aliphatic rings. The first-order valence-electron chi connectivity index (χ1n) is 9.79. The molecule has 5 atom stereocenters. The highest BCUT2D eigenvalue weighted by Gasteiger charge is 2.50. The van der Waals surface area contributed by atoms with Gasteiger partial charge in [-0.2, -0.15) is 0 Å². The number of benzene rings is 1. The van der Waals surface area contributed by atoms with Gasteiger partial charge in [-0.05, 0) is 18.2 Å². The molecule has 9 heteroatoms. The summed E-state index contributed by atoms with van der Waals surface area (Å²) in [6, 6.07) is 9.79. The van der Waals surface area contributed by atoms with Crippen LogP contribution < -0.4 is 4.74 Å². The summed E-state index contributed by atoms with van der Waals surface area (Å²) in [5.74, 6) is -1.07. The van der Waals surface area contributed by atoms with E-state index in [2.05, 4.69) is 4.98 Å². The SMILES string of the molecule is CC(=O)Oc1ccccc1C(=O)OC1COC2C(OC(C=O)c3cccnc3)COC12. The number of pyridine rings is 1. The first kappa shape index (κ1) is 21.1. The van der Waals surface area contributed by atoms with Crippen molar-refractivity contribution < 1.29 is 38.1 Å². The molecule has 2 aromatic rings. The maximum Gasteiger partial charge on any atom is 0.342 e. The molecular formula is C22H21NO8. The van der Waals surface area contributed by atoms with Gasteiger partial charge in [0.05, 0.1) is 13.2 Å². The molecule has 0 aliphatic carbocycles. The summed E-state index contributed by atoms with van der Waals surface area (Å²) < 4.78 is 28.1. The summed E-state index contributed by atoms with van der Waals surface area (Å²) in [6.45, 7) is 1.56. The van der Waals surface area contributed by atoms with E-state index in [1.807, 2.05) is 0 Å². The number of carbonyl (C=O) groups is 3. The van der Waals surface area contributed by atoms with Crippen molar-refractivity contribution in [3.63, 3.8) is 0 Å². The minimum Gasteiger partial charge on any atom is -0.453 e. The molecule has 1 aromatic heterocycles. The van der Waals surface area contributed by atoms with Gasteiger partial charge in [0, 0.05) is 24.9 Å². The Morgan fingerprint density at radius 2 is 1.84 bits per heavy atom. The Morgan fingerprint density at radius 3 is 2.55 bits per heavy atom. The Labute approximate surface area is 178 Å². The zero-order valence-corrected chi connectivity index (χ0v) is 16.7. The molecular weight excluding hydrogens is 406 g/mol. The highest BCUT2D eigenvalue weighted by atomic mass is 16.7. The van der Waals surface area contributed by atoms with Gasteiger partial charge in [0.2, 0.25) is 0 Å². The van der Waals surface area contributed by atoms with Crippen LogP contribution in [0.5, 0.6) is 5.75 Å². The number of esters is 2. The van der Waals surface area contributed by atoms with Crippen LogP contribution in [0.25, 0.3) is 0 Å². The average molecular weight is 427 g/mol. The molecule has 2 fully saturated rings. The van der Waals surface area contributed by atoms with Crippen LogP contribution in [0.15, 0.2) is 48.8 Å². The van der Waals surface area contributed by atoms with Crippen molar-refractivity contribution in [3.8, 4) is 5.75 Å². The number of hydrogen-bond donors (Lipinski definition) is 0. The third kappa shape index (κ3) is 4.63. The molecule has 1 aromatic carbocycles. The molecule has 31 heavy (non-hydrogen) atoms. The van der Waals surface area contributed by atoms with Crippen molar-refractivity contribution in [3.05, 3.63) is 59.9 Å². The Hall–Kier alpha value is -3.14. The summed E-state index contributed by atoms with van der Waals surface area (Å²) in [5, 5.41) is 0. The smallest absolute Gasteiger partial charge is 0.342 e. The van der Waals surface area contributed by atoms with Gasteiger partial charge in [0.1, 0.15) is 35.7 Å². The van der Waals surface area contributed by atoms with Crippen molar-refractivity contribution in [2.24, 2.45) is 0 Å². The van der Waals surface area contributed by atoms with Crippen LogP contribution in [0.4, 0.5) is 0 Å². The summed E-state index contributed by atoms with van der Waals surface area (Å²) in [4.78, 5) is 39.5. The fourth-order valence-corrected chi connectivity index (χ4v) is 3.65. The van der Waals surface area contributed by atoms with Gasteiger partial charge < -0.3 is 28.5 Å². The first-order valence-corrected chi connectivity index (χ1v) is 9.79. The molecule has 9 nitrogen and oxygen atoms in total. The normalized spacial score (nSPS) is 25.5. The van der Waals surface area contributed by atoms with Gasteiger partial charge in [-0.3, -0.25) is 9.78 Å². The Morgan fingerprint density at radius 1 is 1.10 bits per heavy atom. The third-order valence-corrected chi connectivity index (χ3v) is 5.04. The largest absolute Gasteiger partial charge is 0.453 e. The predicted molar refractivity (Wildman–Crippen MR) is 104 cm³/mol. The van der Waals surface area contributed by atoms with Crippen molar-refractivity contribution >= 4 is 18.2 Å². The summed E-state index contributed by atoms with van der Waals surface area (Å²) >= 11 is 0. The number of carbonyl (C=O) groups excluding carboxylic acids is 3. The maximum absolute atomic E-state index is 12.7. The predicted octanol–water partition coefficient (Wildman–Crippen LogP) is 1.66. The number of para-hydroxylation sites is 1. The van der Waals surface area contributed by atoms with Crippen LogP contribution in [0.3, 0.4) is 0 Å². The van der Waals surface area contributed by atoms with E-state index in [4.69, 9.17) is 23.7 Å². The van der Waals surface area contributed by atoms with E-state index in [0.29, 0.717) is 11.8 Å². The van der Waals surface area contributed by atoms with Gasteiger partial charge in [-0.25, -0.2) is 4.79 Å². The molecule has 2 saturated heterocycles. The molecule has 0 N–H and O–H groups in total. The molecule has 162 valence electrons. The number of ether oxygens (including phenoxy) is 5. The van der Waals surface area contributed by atoms with E-state index in [1.54, 1.807) is 36.7 Å². The monoisotopic (exact) mass is 427 g/mol. The minimum absolute atomic E-state index is 0.120. The standard InChI is InChI=1S/C22H21NO8/c1-13(25)29-16-7-3-2-6-15(16)22(26)31-19-12-28-20-18(11-27-21(19)20)30-17(10-24)14-5-4-8-23-9-14/h2-10,17-21H,11-12H2,1H3. The van der Waals surface area contributed by atoms with Crippen LogP contribution in [-0.2, 0) is 28.5 Å². The van der Waals surface area contributed by atoms with Crippen molar-refractivity contribution in [1.82, 2.24) is 4.98 Å². The van der Waals surface area contributed by atoms with Crippen LogP contribution >= 0.6 is 0 Å². The van der Waals surface area contributed by atoms with Gasteiger partial charge in [-0.15, -0.1) is 0 Å².